The lowest BCUT2D eigenvalue weighted by molar-refractivity contribution is -0.384. The van der Waals surface area contributed by atoms with Gasteiger partial charge in [0.1, 0.15) is 18.4 Å². The number of hydrogen-bond donors (Lipinski definition) is 2. The van der Waals surface area contributed by atoms with Crippen molar-refractivity contribution in [3.05, 3.63) is 41.0 Å². The van der Waals surface area contributed by atoms with Gasteiger partial charge in [0.05, 0.1) is 23.8 Å². The van der Waals surface area contributed by atoms with Gasteiger partial charge in [0.2, 0.25) is 0 Å². The number of hydrogen-bond acceptors (Lipinski definition) is 7. The summed E-state index contributed by atoms with van der Waals surface area (Å²) in [7, 11) is 1.28. The first-order chi connectivity index (χ1) is 10.5. The van der Waals surface area contributed by atoms with Crippen molar-refractivity contribution in [2.24, 2.45) is 0 Å². The van der Waals surface area contributed by atoms with Crippen LogP contribution < -0.4 is 15.5 Å². The molecule has 2 N–H and O–H groups in total. The summed E-state index contributed by atoms with van der Waals surface area (Å²) >= 11 is 0. The lowest BCUT2D eigenvalue weighted by Crippen LogP contribution is -2.33. The third-order valence-electron chi connectivity index (χ3n) is 2.50. The number of benzene rings is 1. The minimum atomic E-state index is -0.985. The van der Waals surface area contributed by atoms with Crippen molar-refractivity contribution in [2.75, 3.05) is 17.9 Å². The molecule has 11 nitrogen and oxygen atoms in total. The van der Waals surface area contributed by atoms with Gasteiger partial charge in [-0.1, -0.05) is 0 Å². The standard InChI is InChI=1S/C11H10N6O5/c1-22-9-4-7(17(20)21)2-3-8(9)14-10(18)11(19)15-16-5-12-13-6-16/h2-6H,1H3,(H,14,18)(H,15,19). The molecule has 0 unspecified atom stereocenters. The van der Waals surface area contributed by atoms with E-state index in [0.717, 1.165) is 10.7 Å². The number of aromatic nitrogens is 3. The molecule has 22 heavy (non-hydrogen) atoms. The summed E-state index contributed by atoms with van der Waals surface area (Å²) in [6.07, 6.45) is 2.38. The molecule has 0 saturated carbocycles. The first-order valence-electron chi connectivity index (χ1n) is 5.80. The summed E-state index contributed by atoms with van der Waals surface area (Å²) < 4.78 is 6.04. The summed E-state index contributed by atoms with van der Waals surface area (Å²) in [5.74, 6) is -1.90. The molecule has 0 radical (unpaired) electrons. The molecule has 0 atom stereocenters. The third-order valence-corrected chi connectivity index (χ3v) is 2.50. The van der Waals surface area contributed by atoms with Gasteiger partial charge < -0.3 is 10.1 Å². The SMILES string of the molecule is COc1cc([N+](=O)[O-])ccc1NC(=O)C(=O)Nn1cnnc1. The molecule has 1 aromatic heterocycles. The molecule has 2 rings (SSSR count). The maximum absolute atomic E-state index is 11.8. The number of amides is 2. The Hall–Kier alpha value is -3.50. The molecule has 0 aliphatic carbocycles. The second kappa shape index (κ2) is 6.30. The number of nitro benzene ring substituents is 1. The van der Waals surface area contributed by atoms with Gasteiger partial charge in [-0.3, -0.25) is 25.1 Å². The van der Waals surface area contributed by atoms with Crippen molar-refractivity contribution in [3.8, 4) is 5.75 Å². The number of anilines is 1. The van der Waals surface area contributed by atoms with Crippen molar-refractivity contribution in [1.29, 1.82) is 0 Å². The van der Waals surface area contributed by atoms with Gasteiger partial charge in [-0.2, -0.15) is 0 Å². The monoisotopic (exact) mass is 306 g/mol. The smallest absolute Gasteiger partial charge is 0.328 e. The fourth-order valence-corrected chi connectivity index (χ4v) is 1.50. The summed E-state index contributed by atoms with van der Waals surface area (Å²) in [5.41, 5.74) is 2.12. The van der Waals surface area contributed by atoms with Crippen LogP contribution in [0.3, 0.4) is 0 Å². The van der Waals surface area contributed by atoms with Crippen molar-refractivity contribution in [1.82, 2.24) is 14.9 Å². The molecule has 1 aromatic carbocycles. The summed E-state index contributed by atoms with van der Waals surface area (Å²) in [5, 5.41) is 19.9. The fourth-order valence-electron chi connectivity index (χ4n) is 1.50. The Bertz CT molecular complexity index is 714. The lowest BCUT2D eigenvalue weighted by Gasteiger charge is -2.10. The summed E-state index contributed by atoms with van der Waals surface area (Å²) in [6, 6.07) is 3.57. The van der Waals surface area contributed by atoms with E-state index in [1.54, 1.807) is 0 Å². The highest BCUT2D eigenvalue weighted by molar-refractivity contribution is 6.42. The average Bonchev–Trinajstić information content (AvgIpc) is 3.00. The molecule has 0 saturated heterocycles. The predicted molar refractivity (Wildman–Crippen MR) is 72.7 cm³/mol. The lowest BCUT2D eigenvalue weighted by atomic mass is 10.2. The van der Waals surface area contributed by atoms with E-state index >= 15 is 0 Å². The number of ether oxygens (including phenoxy) is 1. The van der Waals surface area contributed by atoms with Gasteiger partial charge in [0.15, 0.2) is 0 Å². The number of rotatable bonds is 4. The van der Waals surface area contributed by atoms with Crippen LogP contribution in [0.4, 0.5) is 11.4 Å². The second-order valence-corrected chi connectivity index (χ2v) is 3.91. The van der Waals surface area contributed by atoms with Gasteiger partial charge in [0, 0.05) is 6.07 Å². The zero-order valence-electron chi connectivity index (χ0n) is 11.2. The van der Waals surface area contributed by atoms with Crippen LogP contribution in [0.2, 0.25) is 0 Å². The van der Waals surface area contributed by atoms with Crippen LogP contribution in [0.15, 0.2) is 30.9 Å². The van der Waals surface area contributed by atoms with Crippen LogP contribution in [0, 0.1) is 10.1 Å². The van der Waals surface area contributed by atoms with Gasteiger partial charge in [-0.15, -0.1) is 10.2 Å². The Labute approximate surface area is 123 Å². The van der Waals surface area contributed by atoms with Crippen LogP contribution in [0.5, 0.6) is 5.75 Å². The van der Waals surface area contributed by atoms with Crippen molar-refractivity contribution in [3.63, 3.8) is 0 Å². The van der Waals surface area contributed by atoms with Crippen LogP contribution in [-0.4, -0.2) is 38.7 Å². The Morgan fingerprint density at radius 2 is 1.95 bits per heavy atom. The van der Waals surface area contributed by atoms with Crippen LogP contribution in [-0.2, 0) is 9.59 Å². The van der Waals surface area contributed by atoms with Crippen molar-refractivity contribution < 1.29 is 19.2 Å². The van der Waals surface area contributed by atoms with E-state index in [1.165, 1.54) is 31.9 Å². The zero-order chi connectivity index (χ0) is 16.1. The number of nitrogens with one attached hydrogen (secondary N) is 2. The quantitative estimate of drug-likeness (QED) is 0.456. The number of methoxy groups -OCH3 is 1. The van der Waals surface area contributed by atoms with E-state index in [2.05, 4.69) is 20.9 Å². The molecular weight excluding hydrogens is 296 g/mol. The predicted octanol–water partition coefficient (Wildman–Crippen LogP) is -0.0963. The Kier molecular flexibility index (Phi) is 4.27. The molecule has 2 aromatic rings. The molecule has 0 spiro atoms. The molecule has 0 fully saturated rings. The average molecular weight is 306 g/mol. The maximum Gasteiger partial charge on any atom is 0.328 e. The van der Waals surface area contributed by atoms with E-state index in [0.29, 0.717) is 0 Å². The molecule has 0 aliphatic heterocycles. The highest BCUT2D eigenvalue weighted by Crippen LogP contribution is 2.28. The molecule has 0 aliphatic rings. The van der Waals surface area contributed by atoms with Crippen molar-refractivity contribution >= 4 is 23.2 Å². The summed E-state index contributed by atoms with van der Waals surface area (Å²) in [6.45, 7) is 0. The molecule has 2 amide bonds. The number of carbonyl (C=O) groups is 2. The zero-order valence-corrected chi connectivity index (χ0v) is 11.2. The first-order valence-corrected chi connectivity index (χ1v) is 5.80. The Morgan fingerprint density at radius 1 is 1.27 bits per heavy atom. The summed E-state index contributed by atoms with van der Waals surface area (Å²) in [4.78, 5) is 33.5. The van der Waals surface area contributed by atoms with Crippen LogP contribution in [0.25, 0.3) is 0 Å². The van der Waals surface area contributed by atoms with E-state index < -0.39 is 16.7 Å². The van der Waals surface area contributed by atoms with Gasteiger partial charge in [0.25, 0.3) is 5.69 Å². The van der Waals surface area contributed by atoms with E-state index in [4.69, 9.17) is 4.74 Å². The Morgan fingerprint density at radius 3 is 2.55 bits per heavy atom. The number of non-ortho nitro benzene ring substituents is 1. The molecule has 11 heteroatoms. The number of nitro groups is 1. The molecule has 114 valence electrons. The normalized spacial score (nSPS) is 9.86. The topological polar surface area (TPSA) is 141 Å². The minimum Gasteiger partial charge on any atom is -0.494 e. The van der Waals surface area contributed by atoms with Crippen molar-refractivity contribution in [2.45, 2.75) is 0 Å². The van der Waals surface area contributed by atoms with E-state index in [9.17, 15) is 19.7 Å². The molecule has 1 heterocycles. The minimum absolute atomic E-state index is 0.0552. The number of carbonyl (C=O) groups excluding carboxylic acids is 2. The van der Waals surface area contributed by atoms with E-state index in [1.807, 2.05) is 0 Å². The van der Waals surface area contributed by atoms with Gasteiger partial charge >= 0.3 is 11.8 Å². The highest BCUT2D eigenvalue weighted by atomic mass is 16.6. The fraction of sp³-hybridized carbons (Fsp3) is 0.0909. The maximum atomic E-state index is 11.8. The molecular formula is C11H10N6O5. The number of nitrogens with zero attached hydrogens (tertiary/aromatic N) is 4. The van der Waals surface area contributed by atoms with Gasteiger partial charge in [-0.25, -0.2) is 4.68 Å². The van der Waals surface area contributed by atoms with E-state index in [-0.39, 0.29) is 17.1 Å². The van der Waals surface area contributed by atoms with Crippen LogP contribution in [0.1, 0.15) is 0 Å². The van der Waals surface area contributed by atoms with Gasteiger partial charge in [-0.05, 0) is 6.07 Å². The highest BCUT2D eigenvalue weighted by Gasteiger charge is 2.18. The molecule has 0 bridgehead atoms. The third kappa shape index (κ3) is 3.33. The largest absolute Gasteiger partial charge is 0.494 e. The second-order valence-electron chi connectivity index (χ2n) is 3.91. The van der Waals surface area contributed by atoms with Crippen LogP contribution >= 0.6 is 0 Å². The Balaban J connectivity index is 2.10. The first kappa shape index (κ1) is 14.9.